The maximum Gasteiger partial charge on any atom is 0.411 e. The largest absolute Gasteiger partial charge is 0.673 e. The van der Waals surface area contributed by atoms with Gasteiger partial charge in [0.25, 0.3) is 0 Å². The summed E-state index contributed by atoms with van der Waals surface area (Å²) in [6, 6.07) is 0.764. The zero-order valence-corrected chi connectivity index (χ0v) is 24.2. The molecule has 1 aliphatic rings. The molecule has 0 saturated heterocycles. The summed E-state index contributed by atoms with van der Waals surface area (Å²) in [4.78, 5) is 19.3. The number of carbonyl (C=O) groups is 1. The van der Waals surface area contributed by atoms with Gasteiger partial charge >= 0.3 is 6.09 Å². The van der Waals surface area contributed by atoms with Gasteiger partial charge in [0, 0.05) is 48.7 Å². The van der Waals surface area contributed by atoms with E-state index in [9.17, 15) is 13.6 Å². The van der Waals surface area contributed by atoms with E-state index < -0.39 is 41.6 Å². The number of nitrogens with zero attached hydrogens (tertiary/aromatic N) is 2. The maximum absolute atomic E-state index is 15.9. The van der Waals surface area contributed by atoms with Crippen molar-refractivity contribution in [2.45, 2.75) is 51.3 Å². The molecule has 0 aliphatic carbocycles. The minimum Gasteiger partial charge on any atom is -0.673 e. The number of methoxy groups -OCH3 is 2. The molecule has 38 heavy (non-hydrogen) atoms. The number of ether oxygens (including phenoxy) is 4. The predicted octanol–water partition coefficient (Wildman–Crippen LogP) is 5.46. The molecule has 1 amide bonds. The number of thiol groups is 1. The molecule has 8 nitrogen and oxygen atoms in total. The van der Waals surface area contributed by atoms with Gasteiger partial charge in [-0.15, -0.1) is 18.7 Å². The Morgan fingerprint density at radius 3 is 2.45 bits per heavy atom. The summed E-state index contributed by atoms with van der Waals surface area (Å²) in [6.45, 7) is 5.07. The van der Waals surface area contributed by atoms with Crippen molar-refractivity contribution in [2.75, 3.05) is 47.2 Å². The molecule has 1 N–H and O–H groups in total. The van der Waals surface area contributed by atoms with Gasteiger partial charge in [-0.3, -0.25) is 9.29 Å². The normalized spacial score (nSPS) is 18.3. The van der Waals surface area contributed by atoms with Gasteiger partial charge in [-0.25, -0.2) is 18.6 Å². The molecule has 0 spiro atoms. The second-order valence-corrected chi connectivity index (χ2v) is 9.99. The van der Waals surface area contributed by atoms with Crippen molar-refractivity contribution in [3.05, 3.63) is 45.5 Å². The number of nitrogens with one attached hydrogen (secondary N) is 1. The average molecular weight is 605 g/mol. The van der Waals surface area contributed by atoms with Gasteiger partial charge in [0.05, 0.1) is 37.4 Å². The number of amides is 1. The first-order chi connectivity index (χ1) is 17.3. The summed E-state index contributed by atoms with van der Waals surface area (Å²) >= 11 is 4.52. The molecule has 218 valence electrons. The smallest absolute Gasteiger partial charge is 0.411 e. The zero-order valence-electron chi connectivity index (χ0n) is 22.3. The number of dihydropyridines is 1. The van der Waals surface area contributed by atoms with Crippen molar-refractivity contribution in [1.29, 1.82) is 0 Å². The van der Waals surface area contributed by atoms with Crippen molar-refractivity contribution in [3.63, 3.8) is 0 Å². The fourth-order valence-electron chi connectivity index (χ4n) is 4.15. The Bertz CT molecular complexity index is 1040. The van der Waals surface area contributed by atoms with Crippen molar-refractivity contribution in [2.24, 2.45) is 4.99 Å². The van der Waals surface area contributed by atoms with E-state index in [2.05, 4.69) is 17.6 Å². The predicted molar refractivity (Wildman–Crippen MR) is 138 cm³/mol. The zero-order chi connectivity index (χ0) is 28.0. The topological polar surface area (TPSA) is 93.4 Å². The first-order valence-corrected chi connectivity index (χ1v) is 12.2. The van der Waals surface area contributed by atoms with E-state index in [1.165, 1.54) is 21.1 Å². The number of alkyl halides is 1. The molecule has 1 aromatic carbocycles. The van der Waals surface area contributed by atoms with Gasteiger partial charge in [0.2, 0.25) is 5.90 Å². The van der Waals surface area contributed by atoms with Crippen molar-refractivity contribution in [1.82, 2.24) is 4.90 Å². The molecule has 0 radical (unpaired) electrons. The first-order valence-electron chi connectivity index (χ1n) is 11.7. The molecule has 13 heteroatoms. The van der Waals surface area contributed by atoms with Crippen LogP contribution in [0, 0.1) is 11.6 Å². The van der Waals surface area contributed by atoms with Gasteiger partial charge in [-0.2, -0.15) is 0 Å². The summed E-state index contributed by atoms with van der Waals surface area (Å²) in [5.41, 5.74) is 5.32. The minimum atomic E-state index is -1.87. The van der Waals surface area contributed by atoms with Crippen molar-refractivity contribution in [3.8, 4) is 5.75 Å². The number of hydrogen-bond acceptors (Lipinski definition) is 7. The second-order valence-electron chi connectivity index (χ2n) is 9.55. The molecule has 1 aliphatic heterocycles. The van der Waals surface area contributed by atoms with Crippen LogP contribution >= 0.6 is 12.6 Å². The molecule has 2 rings (SSSR count). The summed E-state index contributed by atoms with van der Waals surface area (Å²) in [5.74, 6) is -2.13. The fraction of sp³-hybridized carbons (Fsp3) is 0.600. The summed E-state index contributed by atoms with van der Waals surface area (Å²) in [6.07, 6.45) is -1.19. The van der Waals surface area contributed by atoms with Gasteiger partial charge in [-0.05, 0) is 26.3 Å². The first kappa shape index (κ1) is 34.1. The van der Waals surface area contributed by atoms with E-state index >= 15 is 4.39 Å². The molecule has 0 unspecified atom stereocenters. The third kappa shape index (κ3) is 7.80. The van der Waals surface area contributed by atoms with Crippen molar-refractivity contribution >= 4 is 24.6 Å². The average Bonchev–Trinajstić information content (AvgIpc) is 2.78. The molecule has 0 fully saturated rings. The van der Waals surface area contributed by atoms with Crippen LogP contribution < -0.4 is 4.74 Å². The molecule has 0 bridgehead atoms. The monoisotopic (exact) mass is 604 g/mol. The van der Waals surface area contributed by atoms with Crippen LogP contribution in [-0.4, -0.2) is 75.7 Å². The molecule has 2 atom stereocenters. The van der Waals surface area contributed by atoms with Crippen LogP contribution in [0.1, 0.15) is 39.7 Å². The minimum absolute atomic E-state index is 0. The number of benzene rings is 1. The van der Waals surface area contributed by atoms with E-state index in [0.29, 0.717) is 6.07 Å². The quantitative estimate of drug-likeness (QED) is 0.217. The van der Waals surface area contributed by atoms with Crippen molar-refractivity contribution < 1.29 is 53.4 Å². The standard InChI is InChI=1S/C25H35F3N3O5S.Ni/c1-15(29)13-31(23(32)36-24(2,3)4)25(14-30-22(34-6)21(37)17(25)7-8-26)20-18(28)11-16(27)12-19(20)35-10-9-33-5;/h11-12,15,29,37H,7-10,13-14H2,1-6H3;/q-1;/t15-,25+;/m0./s1. The Morgan fingerprint density at radius 2 is 1.92 bits per heavy atom. The van der Waals surface area contributed by atoms with Crippen LogP contribution in [-0.2, 0) is 36.2 Å². The Balaban J connectivity index is 0.00000722. The van der Waals surface area contributed by atoms with E-state index in [4.69, 9.17) is 24.7 Å². The summed E-state index contributed by atoms with van der Waals surface area (Å²) in [7, 11) is 2.79. The molecule has 0 aromatic heterocycles. The number of rotatable bonds is 10. The second kappa shape index (κ2) is 14.4. The Morgan fingerprint density at radius 1 is 1.26 bits per heavy atom. The van der Waals surface area contributed by atoms with Crippen LogP contribution in [0.4, 0.5) is 18.0 Å². The van der Waals surface area contributed by atoms with Crippen LogP contribution in [0.15, 0.2) is 27.6 Å². The van der Waals surface area contributed by atoms with Crippen LogP contribution in [0.25, 0.3) is 5.73 Å². The van der Waals surface area contributed by atoms with Gasteiger partial charge < -0.3 is 24.7 Å². The fourth-order valence-corrected chi connectivity index (χ4v) is 4.61. The van der Waals surface area contributed by atoms with E-state index in [-0.39, 0.29) is 76.9 Å². The van der Waals surface area contributed by atoms with Gasteiger partial charge in [0.1, 0.15) is 35.1 Å². The molecule has 1 aromatic rings. The Hall–Kier alpha value is -1.95. The number of halogens is 3. The SMILES string of the molecule is COCCOc1cc(F)cc(F)c1[C@@]1(N(C[C@H](C)[NH-])C(=O)OC(C)(C)C)CN=C(OC)C(S)=C1CCF.[Ni]. The van der Waals surface area contributed by atoms with Crippen LogP contribution in [0.3, 0.4) is 0 Å². The third-order valence-corrected chi connectivity index (χ3v) is 5.95. The van der Waals surface area contributed by atoms with Gasteiger partial charge in [0.15, 0.2) is 0 Å². The van der Waals surface area contributed by atoms with E-state index in [1.807, 2.05) is 0 Å². The summed E-state index contributed by atoms with van der Waals surface area (Å²) in [5, 5.41) is 0. The third-order valence-electron chi connectivity index (χ3n) is 5.49. The molecular weight excluding hydrogens is 570 g/mol. The van der Waals surface area contributed by atoms with Gasteiger partial charge in [-0.1, -0.05) is 6.92 Å². The maximum atomic E-state index is 15.9. The Labute approximate surface area is 237 Å². The molecule has 1 heterocycles. The van der Waals surface area contributed by atoms with E-state index in [0.717, 1.165) is 11.0 Å². The van der Waals surface area contributed by atoms with E-state index in [1.54, 1.807) is 20.8 Å². The number of hydrogen-bond donors (Lipinski definition) is 1. The molecular formula is C25H35F3N3NiO5S-. The Kier molecular flexibility index (Phi) is 13.0. The molecule has 0 saturated carbocycles. The van der Waals surface area contributed by atoms with Crippen LogP contribution in [0.2, 0.25) is 0 Å². The number of carbonyl (C=O) groups excluding carboxylic acids is 1. The number of aliphatic imine (C=N–C) groups is 1. The summed E-state index contributed by atoms with van der Waals surface area (Å²) < 4.78 is 66.0. The van der Waals surface area contributed by atoms with Crippen LogP contribution in [0.5, 0.6) is 5.75 Å².